The zero-order valence-electron chi connectivity index (χ0n) is 12.1. The van der Waals surface area contributed by atoms with Crippen molar-refractivity contribution >= 4 is 12.1 Å². The molecule has 0 aliphatic rings. The molecule has 0 saturated carbocycles. The van der Waals surface area contributed by atoms with Crippen molar-refractivity contribution in [2.24, 2.45) is 5.92 Å². The number of carbonyl (C=O) groups excluding carboxylic acids is 2. The van der Waals surface area contributed by atoms with Gasteiger partial charge in [-0.3, -0.25) is 4.79 Å². The van der Waals surface area contributed by atoms with Gasteiger partial charge >= 0.3 is 12.1 Å². The molecule has 0 heterocycles. The van der Waals surface area contributed by atoms with Gasteiger partial charge in [-0.05, 0) is 11.5 Å². The molecule has 0 radical (unpaired) electrons. The fraction of sp³-hybridized carbons (Fsp3) is 0.467. The van der Waals surface area contributed by atoms with E-state index in [9.17, 15) is 9.59 Å². The van der Waals surface area contributed by atoms with Gasteiger partial charge in [0.1, 0.15) is 6.61 Å². The number of nitrogens with one attached hydrogen (secondary N) is 1. The molecule has 0 saturated heterocycles. The van der Waals surface area contributed by atoms with E-state index in [4.69, 9.17) is 4.74 Å². The standard InChI is InChI=1S/C15H21NO4/c1-11(2)13(9-14(17)19-3)16-15(18)20-10-12-7-5-4-6-8-12/h4-8,11,13H,9-10H2,1-3H3,(H,16,18)/t13-/m0/s1. The molecular weight excluding hydrogens is 258 g/mol. The van der Waals surface area contributed by atoms with Gasteiger partial charge in [0.15, 0.2) is 0 Å². The highest BCUT2D eigenvalue weighted by molar-refractivity contribution is 5.72. The third-order valence-electron chi connectivity index (χ3n) is 2.93. The molecule has 1 amide bonds. The molecule has 1 aromatic rings. The Hall–Kier alpha value is -2.04. The van der Waals surface area contributed by atoms with Gasteiger partial charge in [0.05, 0.1) is 13.5 Å². The summed E-state index contributed by atoms with van der Waals surface area (Å²) in [5, 5.41) is 2.69. The first kappa shape index (κ1) is 16.0. The Balaban J connectivity index is 2.44. The maximum atomic E-state index is 11.7. The van der Waals surface area contributed by atoms with Crippen LogP contribution < -0.4 is 5.32 Å². The summed E-state index contributed by atoms with van der Waals surface area (Å²) in [6.07, 6.45) is -0.398. The van der Waals surface area contributed by atoms with Crippen molar-refractivity contribution in [3.63, 3.8) is 0 Å². The van der Waals surface area contributed by atoms with Crippen LogP contribution in [0.2, 0.25) is 0 Å². The minimum atomic E-state index is -0.531. The summed E-state index contributed by atoms with van der Waals surface area (Å²) in [6.45, 7) is 4.05. The molecule has 5 nitrogen and oxygen atoms in total. The molecule has 0 aliphatic heterocycles. The molecular formula is C15H21NO4. The third kappa shape index (κ3) is 5.73. The van der Waals surface area contributed by atoms with Crippen LogP contribution >= 0.6 is 0 Å². The van der Waals surface area contributed by atoms with Crippen molar-refractivity contribution < 1.29 is 19.1 Å². The van der Waals surface area contributed by atoms with Crippen LogP contribution in [0, 0.1) is 5.92 Å². The SMILES string of the molecule is COC(=O)C[C@H](NC(=O)OCc1ccccc1)C(C)C. The first-order valence-corrected chi connectivity index (χ1v) is 6.57. The molecule has 5 heteroatoms. The van der Waals surface area contributed by atoms with Crippen LogP contribution in [0.4, 0.5) is 4.79 Å². The minimum Gasteiger partial charge on any atom is -0.469 e. The highest BCUT2D eigenvalue weighted by atomic mass is 16.5. The molecule has 0 unspecified atom stereocenters. The number of benzene rings is 1. The Bertz CT molecular complexity index is 431. The van der Waals surface area contributed by atoms with Gasteiger partial charge in [0.25, 0.3) is 0 Å². The van der Waals surface area contributed by atoms with Crippen LogP contribution in [0.1, 0.15) is 25.8 Å². The molecule has 0 spiro atoms. The Morgan fingerprint density at radius 2 is 1.85 bits per heavy atom. The second kappa shape index (κ2) is 8.19. The van der Waals surface area contributed by atoms with Crippen molar-refractivity contribution in [1.29, 1.82) is 0 Å². The van der Waals surface area contributed by atoms with Gasteiger partial charge in [-0.1, -0.05) is 44.2 Å². The van der Waals surface area contributed by atoms with Crippen LogP contribution in [0.5, 0.6) is 0 Å². The number of alkyl carbamates (subject to hydrolysis) is 1. The summed E-state index contributed by atoms with van der Waals surface area (Å²) in [6, 6.07) is 9.11. The van der Waals surface area contributed by atoms with E-state index < -0.39 is 6.09 Å². The lowest BCUT2D eigenvalue weighted by molar-refractivity contribution is -0.141. The Morgan fingerprint density at radius 1 is 1.20 bits per heavy atom. The van der Waals surface area contributed by atoms with Gasteiger partial charge in [-0.25, -0.2) is 4.79 Å². The predicted octanol–water partition coefficient (Wildman–Crippen LogP) is 2.50. The van der Waals surface area contributed by atoms with E-state index in [0.29, 0.717) is 0 Å². The average molecular weight is 279 g/mol. The fourth-order valence-corrected chi connectivity index (χ4v) is 1.63. The molecule has 1 rings (SSSR count). The fourth-order valence-electron chi connectivity index (χ4n) is 1.63. The highest BCUT2D eigenvalue weighted by Crippen LogP contribution is 2.08. The number of methoxy groups -OCH3 is 1. The average Bonchev–Trinajstić information content (AvgIpc) is 2.45. The predicted molar refractivity (Wildman–Crippen MR) is 75.0 cm³/mol. The number of rotatable bonds is 6. The monoisotopic (exact) mass is 279 g/mol. The van der Waals surface area contributed by atoms with Gasteiger partial charge in [0, 0.05) is 6.04 Å². The summed E-state index contributed by atoms with van der Waals surface area (Å²) < 4.78 is 9.73. The number of hydrogen-bond acceptors (Lipinski definition) is 4. The first-order valence-electron chi connectivity index (χ1n) is 6.57. The van der Waals surface area contributed by atoms with E-state index in [1.165, 1.54) is 7.11 Å². The lowest BCUT2D eigenvalue weighted by Crippen LogP contribution is -2.40. The van der Waals surface area contributed by atoms with Gasteiger partial charge in [0.2, 0.25) is 0 Å². The lowest BCUT2D eigenvalue weighted by Gasteiger charge is -2.20. The van der Waals surface area contributed by atoms with Crippen molar-refractivity contribution in [3.05, 3.63) is 35.9 Å². The number of esters is 1. The van der Waals surface area contributed by atoms with E-state index in [0.717, 1.165) is 5.56 Å². The van der Waals surface area contributed by atoms with E-state index in [-0.39, 0.29) is 31.0 Å². The molecule has 0 bridgehead atoms. The number of ether oxygens (including phenoxy) is 2. The quantitative estimate of drug-likeness (QED) is 0.813. The zero-order valence-corrected chi connectivity index (χ0v) is 12.1. The molecule has 1 atom stereocenters. The Kier molecular flexibility index (Phi) is 6.56. The van der Waals surface area contributed by atoms with Crippen LogP contribution in [-0.4, -0.2) is 25.2 Å². The van der Waals surface area contributed by atoms with Crippen molar-refractivity contribution in [1.82, 2.24) is 5.32 Å². The molecule has 20 heavy (non-hydrogen) atoms. The highest BCUT2D eigenvalue weighted by Gasteiger charge is 2.20. The van der Waals surface area contributed by atoms with E-state index in [2.05, 4.69) is 10.1 Å². The molecule has 110 valence electrons. The Morgan fingerprint density at radius 3 is 2.40 bits per heavy atom. The van der Waals surface area contributed by atoms with Gasteiger partial charge < -0.3 is 14.8 Å². The largest absolute Gasteiger partial charge is 0.469 e. The number of amides is 1. The zero-order chi connectivity index (χ0) is 15.0. The molecule has 1 N–H and O–H groups in total. The van der Waals surface area contributed by atoms with Gasteiger partial charge in [-0.2, -0.15) is 0 Å². The smallest absolute Gasteiger partial charge is 0.407 e. The summed E-state index contributed by atoms with van der Waals surface area (Å²) >= 11 is 0. The minimum absolute atomic E-state index is 0.110. The third-order valence-corrected chi connectivity index (χ3v) is 2.93. The van der Waals surface area contributed by atoms with Crippen LogP contribution in [-0.2, 0) is 20.9 Å². The normalized spacial score (nSPS) is 11.8. The van der Waals surface area contributed by atoms with Crippen LogP contribution in [0.25, 0.3) is 0 Å². The lowest BCUT2D eigenvalue weighted by atomic mass is 10.0. The Labute approximate surface area is 119 Å². The first-order chi connectivity index (χ1) is 9.52. The summed E-state index contributed by atoms with van der Waals surface area (Å²) in [7, 11) is 1.33. The number of carbonyl (C=O) groups is 2. The maximum absolute atomic E-state index is 11.7. The van der Waals surface area contributed by atoms with E-state index in [1.54, 1.807) is 0 Å². The number of hydrogen-bond donors (Lipinski definition) is 1. The summed E-state index contributed by atoms with van der Waals surface area (Å²) in [5.41, 5.74) is 0.914. The molecule has 0 fully saturated rings. The second-order valence-electron chi connectivity index (χ2n) is 4.84. The molecule has 1 aromatic carbocycles. The van der Waals surface area contributed by atoms with Gasteiger partial charge in [-0.15, -0.1) is 0 Å². The van der Waals surface area contributed by atoms with Crippen molar-refractivity contribution in [2.75, 3.05) is 7.11 Å². The van der Waals surface area contributed by atoms with Crippen LogP contribution in [0.15, 0.2) is 30.3 Å². The van der Waals surface area contributed by atoms with Crippen molar-refractivity contribution in [2.45, 2.75) is 32.9 Å². The van der Waals surface area contributed by atoms with E-state index >= 15 is 0 Å². The summed E-state index contributed by atoms with van der Waals surface area (Å²) in [4.78, 5) is 23.0. The second-order valence-corrected chi connectivity index (χ2v) is 4.84. The maximum Gasteiger partial charge on any atom is 0.407 e. The molecule has 0 aliphatic carbocycles. The van der Waals surface area contributed by atoms with Crippen molar-refractivity contribution in [3.8, 4) is 0 Å². The van der Waals surface area contributed by atoms with E-state index in [1.807, 2.05) is 44.2 Å². The molecule has 0 aromatic heterocycles. The van der Waals surface area contributed by atoms with Crippen LogP contribution in [0.3, 0.4) is 0 Å². The summed E-state index contributed by atoms with van der Waals surface area (Å²) in [5.74, 6) is -0.245. The topological polar surface area (TPSA) is 64.6 Å².